The Labute approximate surface area is 109 Å². The van der Waals surface area contributed by atoms with E-state index in [0.29, 0.717) is 6.42 Å². The Bertz CT molecular complexity index is 330. The van der Waals surface area contributed by atoms with Gasteiger partial charge in [-0.1, -0.05) is 24.9 Å². The van der Waals surface area contributed by atoms with Crippen LogP contribution in [0.15, 0.2) is 5.16 Å². The van der Waals surface area contributed by atoms with Crippen LogP contribution >= 0.6 is 0 Å². The van der Waals surface area contributed by atoms with Gasteiger partial charge in [-0.2, -0.15) is 0 Å². The summed E-state index contributed by atoms with van der Waals surface area (Å²) in [5.74, 6) is -0.0128. The van der Waals surface area contributed by atoms with Crippen molar-refractivity contribution >= 4 is 11.7 Å². The smallest absolute Gasteiger partial charge is 0.236 e. The predicted octanol–water partition coefficient (Wildman–Crippen LogP) is 1.94. The number of hydrogen-bond donors (Lipinski definition) is 2. The van der Waals surface area contributed by atoms with Gasteiger partial charge in [-0.3, -0.25) is 4.79 Å². The van der Waals surface area contributed by atoms with E-state index in [1.165, 1.54) is 6.42 Å². The van der Waals surface area contributed by atoms with Gasteiger partial charge in [0.2, 0.25) is 5.91 Å². The van der Waals surface area contributed by atoms with Gasteiger partial charge in [-0.25, -0.2) is 0 Å². The fourth-order valence-electron chi connectivity index (χ4n) is 2.45. The molecule has 1 rings (SSSR count). The van der Waals surface area contributed by atoms with E-state index in [4.69, 9.17) is 10.9 Å². The third kappa shape index (κ3) is 2.76. The van der Waals surface area contributed by atoms with Crippen molar-refractivity contribution in [3.05, 3.63) is 0 Å². The van der Waals surface area contributed by atoms with E-state index in [9.17, 15) is 4.79 Å². The third-order valence-electron chi connectivity index (χ3n) is 4.17. The van der Waals surface area contributed by atoms with E-state index in [-0.39, 0.29) is 17.8 Å². The van der Waals surface area contributed by atoms with E-state index in [1.54, 1.807) is 6.92 Å². The first kappa shape index (κ1) is 14.8. The van der Waals surface area contributed by atoms with Crippen molar-refractivity contribution in [3.8, 4) is 0 Å². The normalized spacial score (nSPS) is 25.4. The Hall–Kier alpha value is -1.26. The highest BCUT2D eigenvalue weighted by Gasteiger charge is 2.40. The Morgan fingerprint density at radius 2 is 2.17 bits per heavy atom. The molecule has 0 spiro atoms. The molecule has 0 radical (unpaired) electrons. The van der Waals surface area contributed by atoms with Crippen LogP contribution < -0.4 is 5.73 Å². The van der Waals surface area contributed by atoms with Crippen LogP contribution in [-0.4, -0.2) is 34.4 Å². The van der Waals surface area contributed by atoms with Crippen LogP contribution in [0.3, 0.4) is 0 Å². The molecule has 104 valence electrons. The summed E-state index contributed by atoms with van der Waals surface area (Å²) in [6.07, 6.45) is 4.93. The first-order valence-electron chi connectivity index (χ1n) is 6.76. The van der Waals surface area contributed by atoms with Gasteiger partial charge >= 0.3 is 0 Å². The fourth-order valence-corrected chi connectivity index (χ4v) is 2.45. The lowest BCUT2D eigenvalue weighted by molar-refractivity contribution is -0.140. The van der Waals surface area contributed by atoms with E-state index in [1.807, 2.05) is 11.8 Å². The average molecular weight is 255 g/mol. The lowest BCUT2D eigenvalue weighted by atomic mass is 9.84. The maximum absolute atomic E-state index is 12.7. The van der Waals surface area contributed by atoms with Crippen molar-refractivity contribution in [2.45, 2.75) is 58.9 Å². The molecule has 0 aromatic rings. The number of rotatable bonds is 3. The third-order valence-corrected chi connectivity index (χ3v) is 4.17. The van der Waals surface area contributed by atoms with Gasteiger partial charge in [0.15, 0.2) is 5.84 Å². The molecule has 1 aliphatic rings. The molecule has 5 nitrogen and oxygen atoms in total. The van der Waals surface area contributed by atoms with Crippen LogP contribution in [0.1, 0.15) is 52.9 Å². The second kappa shape index (κ2) is 6.07. The SMILES string of the molecule is CCC(C)(C(=O)N1CCCCCC1C)C(N)=NO. The summed E-state index contributed by atoms with van der Waals surface area (Å²) in [6.45, 7) is 6.49. The van der Waals surface area contributed by atoms with Crippen LogP contribution in [0.4, 0.5) is 0 Å². The topological polar surface area (TPSA) is 78.9 Å². The molecule has 0 bridgehead atoms. The van der Waals surface area contributed by atoms with Crippen molar-refractivity contribution in [1.82, 2.24) is 4.90 Å². The molecule has 1 fully saturated rings. The maximum atomic E-state index is 12.7. The van der Waals surface area contributed by atoms with Crippen LogP contribution in [0.2, 0.25) is 0 Å². The minimum atomic E-state index is -0.895. The minimum Gasteiger partial charge on any atom is -0.409 e. The Balaban J connectivity index is 2.95. The van der Waals surface area contributed by atoms with Crippen LogP contribution in [0.25, 0.3) is 0 Å². The standard InChI is InChI=1S/C13H25N3O2/c1-4-13(3,11(14)15-18)12(17)16-9-7-5-6-8-10(16)2/h10,18H,4-9H2,1-3H3,(H2,14,15). The molecular formula is C13H25N3O2. The zero-order valence-corrected chi connectivity index (χ0v) is 11.6. The highest BCUT2D eigenvalue weighted by atomic mass is 16.4. The molecule has 3 N–H and O–H groups in total. The molecule has 1 heterocycles. The second-order valence-corrected chi connectivity index (χ2v) is 5.37. The number of amides is 1. The molecule has 5 heteroatoms. The highest BCUT2D eigenvalue weighted by molar-refractivity contribution is 6.06. The quantitative estimate of drug-likeness (QED) is 0.350. The zero-order valence-electron chi connectivity index (χ0n) is 11.6. The molecule has 0 saturated carbocycles. The van der Waals surface area contributed by atoms with E-state index in [2.05, 4.69) is 12.1 Å². The number of amidine groups is 1. The zero-order chi connectivity index (χ0) is 13.8. The molecule has 2 atom stereocenters. The fraction of sp³-hybridized carbons (Fsp3) is 0.846. The van der Waals surface area contributed by atoms with Crippen molar-refractivity contribution in [2.75, 3.05) is 6.54 Å². The monoisotopic (exact) mass is 255 g/mol. The number of likely N-dealkylation sites (tertiary alicyclic amines) is 1. The molecule has 0 aromatic heterocycles. The summed E-state index contributed by atoms with van der Waals surface area (Å²) in [5.41, 5.74) is 4.81. The molecule has 2 unspecified atom stereocenters. The molecule has 0 aromatic carbocycles. The van der Waals surface area contributed by atoms with Gasteiger partial charge in [0.05, 0.1) is 0 Å². The van der Waals surface area contributed by atoms with Crippen molar-refractivity contribution in [2.24, 2.45) is 16.3 Å². The molecule has 1 aliphatic heterocycles. The van der Waals surface area contributed by atoms with Gasteiger partial charge in [-0.05, 0) is 33.1 Å². The first-order chi connectivity index (χ1) is 8.47. The second-order valence-electron chi connectivity index (χ2n) is 5.37. The summed E-state index contributed by atoms with van der Waals surface area (Å²) in [6, 6.07) is 0.234. The molecule has 1 amide bonds. The van der Waals surface area contributed by atoms with E-state index in [0.717, 1.165) is 25.8 Å². The number of carbonyl (C=O) groups excluding carboxylic acids is 1. The van der Waals surface area contributed by atoms with E-state index < -0.39 is 5.41 Å². The summed E-state index contributed by atoms with van der Waals surface area (Å²) in [5, 5.41) is 11.9. The minimum absolute atomic E-state index is 0.00597. The predicted molar refractivity (Wildman–Crippen MR) is 71.4 cm³/mol. The lowest BCUT2D eigenvalue weighted by Gasteiger charge is -2.35. The van der Waals surface area contributed by atoms with Crippen LogP contribution in [-0.2, 0) is 4.79 Å². The van der Waals surface area contributed by atoms with Gasteiger partial charge in [0.25, 0.3) is 0 Å². The number of hydrogen-bond acceptors (Lipinski definition) is 3. The Morgan fingerprint density at radius 3 is 2.72 bits per heavy atom. The van der Waals surface area contributed by atoms with Crippen LogP contribution in [0, 0.1) is 5.41 Å². The van der Waals surface area contributed by atoms with Crippen molar-refractivity contribution < 1.29 is 10.0 Å². The average Bonchev–Trinajstić information content (AvgIpc) is 2.60. The van der Waals surface area contributed by atoms with Gasteiger partial charge in [0.1, 0.15) is 5.41 Å². The molecule has 18 heavy (non-hydrogen) atoms. The summed E-state index contributed by atoms with van der Waals surface area (Å²) in [4.78, 5) is 14.6. The maximum Gasteiger partial charge on any atom is 0.236 e. The molecular weight excluding hydrogens is 230 g/mol. The number of oxime groups is 1. The number of carbonyl (C=O) groups is 1. The molecule has 0 aliphatic carbocycles. The van der Waals surface area contributed by atoms with Crippen LogP contribution in [0.5, 0.6) is 0 Å². The van der Waals surface area contributed by atoms with E-state index >= 15 is 0 Å². The largest absolute Gasteiger partial charge is 0.409 e. The van der Waals surface area contributed by atoms with Crippen molar-refractivity contribution in [1.29, 1.82) is 0 Å². The van der Waals surface area contributed by atoms with Gasteiger partial charge in [-0.15, -0.1) is 0 Å². The summed E-state index contributed by atoms with van der Waals surface area (Å²) in [7, 11) is 0. The summed E-state index contributed by atoms with van der Waals surface area (Å²) < 4.78 is 0. The lowest BCUT2D eigenvalue weighted by Crippen LogP contribution is -2.52. The first-order valence-corrected chi connectivity index (χ1v) is 6.76. The van der Waals surface area contributed by atoms with Crippen molar-refractivity contribution in [3.63, 3.8) is 0 Å². The Morgan fingerprint density at radius 1 is 1.50 bits per heavy atom. The van der Waals surface area contributed by atoms with Gasteiger partial charge in [0, 0.05) is 12.6 Å². The number of nitrogens with two attached hydrogens (primary N) is 1. The summed E-state index contributed by atoms with van der Waals surface area (Å²) >= 11 is 0. The number of nitrogens with zero attached hydrogens (tertiary/aromatic N) is 2. The Kier molecular flexibility index (Phi) is 4.99. The molecule has 1 saturated heterocycles. The highest BCUT2D eigenvalue weighted by Crippen LogP contribution is 2.28. The van der Waals surface area contributed by atoms with Gasteiger partial charge < -0.3 is 15.8 Å².